The number of aromatic nitrogens is 1. The Kier molecular flexibility index (Phi) is 5.21. The summed E-state index contributed by atoms with van der Waals surface area (Å²) < 4.78 is 0. The van der Waals surface area contributed by atoms with Crippen molar-refractivity contribution in [1.29, 1.82) is 0 Å². The molecule has 2 rings (SSSR count). The zero-order valence-electron chi connectivity index (χ0n) is 13.5. The average Bonchev–Trinajstić information content (AvgIpc) is 2.55. The molecule has 1 aliphatic rings. The van der Waals surface area contributed by atoms with Gasteiger partial charge in [-0.25, -0.2) is 4.98 Å². The van der Waals surface area contributed by atoms with E-state index in [4.69, 9.17) is 0 Å². The van der Waals surface area contributed by atoms with E-state index in [9.17, 15) is 4.79 Å². The Labute approximate surface area is 127 Å². The zero-order valence-corrected chi connectivity index (χ0v) is 13.5. The summed E-state index contributed by atoms with van der Waals surface area (Å²) in [5, 5.41) is 3.16. The maximum absolute atomic E-state index is 12.6. The van der Waals surface area contributed by atoms with Gasteiger partial charge in [0.1, 0.15) is 11.5 Å². The molecule has 0 atom stereocenters. The van der Waals surface area contributed by atoms with Gasteiger partial charge in [-0.05, 0) is 37.3 Å². The number of nitrogens with zero attached hydrogens (tertiary/aromatic N) is 2. The zero-order chi connectivity index (χ0) is 15.3. The molecule has 2 heterocycles. The van der Waals surface area contributed by atoms with Crippen LogP contribution < -0.4 is 5.32 Å². The molecule has 0 unspecified atom stereocenters. The van der Waals surface area contributed by atoms with E-state index in [0.717, 1.165) is 38.3 Å². The number of likely N-dealkylation sites (tertiary alicyclic amines) is 1. The van der Waals surface area contributed by atoms with Crippen molar-refractivity contribution in [1.82, 2.24) is 9.88 Å². The SMILES string of the molecule is CCNc1cccc(C(=O)N2CCC(CC)(CC)CC2)n1. The van der Waals surface area contributed by atoms with E-state index in [1.807, 2.05) is 30.0 Å². The fourth-order valence-electron chi connectivity index (χ4n) is 3.14. The molecule has 1 aromatic heterocycles. The Hall–Kier alpha value is -1.58. The molecule has 1 N–H and O–H groups in total. The molecule has 0 aromatic carbocycles. The predicted molar refractivity (Wildman–Crippen MR) is 86.6 cm³/mol. The minimum absolute atomic E-state index is 0.0653. The van der Waals surface area contributed by atoms with Gasteiger partial charge < -0.3 is 10.2 Å². The molecule has 0 bridgehead atoms. The van der Waals surface area contributed by atoms with E-state index < -0.39 is 0 Å². The number of piperidine rings is 1. The molecule has 1 aromatic rings. The molecule has 116 valence electrons. The van der Waals surface area contributed by atoms with Crippen LogP contribution in [-0.2, 0) is 0 Å². The van der Waals surface area contributed by atoms with Gasteiger partial charge in [0.05, 0.1) is 0 Å². The topological polar surface area (TPSA) is 45.2 Å². The number of rotatable bonds is 5. The van der Waals surface area contributed by atoms with Gasteiger partial charge in [0.15, 0.2) is 0 Å². The second-order valence-corrected chi connectivity index (χ2v) is 5.94. The molecule has 1 fully saturated rings. The first-order valence-electron chi connectivity index (χ1n) is 8.14. The number of carbonyl (C=O) groups is 1. The third-order valence-corrected chi connectivity index (χ3v) is 4.94. The Balaban J connectivity index is 2.03. The molecular weight excluding hydrogens is 262 g/mol. The minimum atomic E-state index is 0.0653. The summed E-state index contributed by atoms with van der Waals surface area (Å²) in [6.45, 7) is 9.08. The van der Waals surface area contributed by atoms with Crippen LogP contribution in [-0.4, -0.2) is 35.4 Å². The number of amides is 1. The van der Waals surface area contributed by atoms with Gasteiger partial charge in [0, 0.05) is 19.6 Å². The predicted octanol–water partition coefficient (Wildman–Crippen LogP) is 3.56. The fraction of sp³-hybridized carbons (Fsp3) is 0.647. The first kappa shape index (κ1) is 15.8. The van der Waals surface area contributed by atoms with Gasteiger partial charge in [0.25, 0.3) is 5.91 Å². The van der Waals surface area contributed by atoms with Gasteiger partial charge in [-0.2, -0.15) is 0 Å². The molecule has 1 amide bonds. The van der Waals surface area contributed by atoms with Crippen molar-refractivity contribution in [3.8, 4) is 0 Å². The quantitative estimate of drug-likeness (QED) is 0.901. The van der Waals surface area contributed by atoms with Crippen LogP contribution in [0.4, 0.5) is 5.82 Å². The van der Waals surface area contributed by atoms with E-state index in [2.05, 4.69) is 24.1 Å². The highest BCUT2D eigenvalue weighted by molar-refractivity contribution is 5.92. The van der Waals surface area contributed by atoms with Crippen LogP contribution >= 0.6 is 0 Å². The lowest BCUT2D eigenvalue weighted by Crippen LogP contribution is -2.43. The van der Waals surface area contributed by atoms with Gasteiger partial charge in [-0.3, -0.25) is 4.79 Å². The highest BCUT2D eigenvalue weighted by Gasteiger charge is 2.33. The molecule has 0 aliphatic carbocycles. The summed E-state index contributed by atoms with van der Waals surface area (Å²) >= 11 is 0. The molecule has 4 heteroatoms. The average molecular weight is 289 g/mol. The Morgan fingerprint density at radius 2 is 1.90 bits per heavy atom. The van der Waals surface area contributed by atoms with Crippen LogP contribution in [0.15, 0.2) is 18.2 Å². The van der Waals surface area contributed by atoms with Crippen molar-refractivity contribution in [2.75, 3.05) is 25.0 Å². The van der Waals surface area contributed by atoms with Crippen molar-refractivity contribution < 1.29 is 4.79 Å². The van der Waals surface area contributed by atoms with Crippen molar-refractivity contribution in [2.24, 2.45) is 5.41 Å². The third kappa shape index (κ3) is 3.55. The standard InChI is InChI=1S/C17H27N3O/c1-4-17(5-2)10-12-20(13-11-17)16(21)14-8-7-9-15(19-14)18-6-3/h7-9H,4-6,10-13H2,1-3H3,(H,18,19). The second kappa shape index (κ2) is 6.92. The Morgan fingerprint density at radius 1 is 1.24 bits per heavy atom. The van der Waals surface area contributed by atoms with E-state index in [0.29, 0.717) is 11.1 Å². The summed E-state index contributed by atoms with van der Waals surface area (Å²) in [7, 11) is 0. The van der Waals surface area contributed by atoms with Crippen LogP contribution in [0.1, 0.15) is 56.9 Å². The summed E-state index contributed by atoms with van der Waals surface area (Å²) in [5.41, 5.74) is 0.990. The van der Waals surface area contributed by atoms with E-state index >= 15 is 0 Å². The van der Waals surface area contributed by atoms with Crippen LogP contribution in [0.2, 0.25) is 0 Å². The summed E-state index contributed by atoms with van der Waals surface area (Å²) in [6, 6.07) is 5.60. The lowest BCUT2D eigenvalue weighted by atomic mass is 9.74. The number of carbonyl (C=O) groups excluding carboxylic acids is 1. The van der Waals surface area contributed by atoms with Gasteiger partial charge in [0.2, 0.25) is 0 Å². The number of nitrogens with one attached hydrogen (secondary N) is 1. The number of hydrogen-bond donors (Lipinski definition) is 1. The number of anilines is 1. The number of pyridine rings is 1. The van der Waals surface area contributed by atoms with Crippen LogP contribution in [0, 0.1) is 5.41 Å². The number of hydrogen-bond acceptors (Lipinski definition) is 3. The fourth-order valence-corrected chi connectivity index (χ4v) is 3.14. The highest BCUT2D eigenvalue weighted by atomic mass is 16.2. The monoisotopic (exact) mass is 289 g/mol. The van der Waals surface area contributed by atoms with Crippen molar-refractivity contribution >= 4 is 11.7 Å². The molecule has 1 aliphatic heterocycles. The van der Waals surface area contributed by atoms with Crippen LogP contribution in [0.5, 0.6) is 0 Å². The van der Waals surface area contributed by atoms with Gasteiger partial charge in [-0.1, -0.05) is 32.8 Å². The molecule has 0 spiro atoms. The van der Waals surface area contributed by atoms with E-state index in [1.54, 1.807) is 0 Å². The third-order valence-electron chi connectivity index (χ3n) is 4.94. The normalized spacial score (nSPS) is 17.6. The summed E-state index contributed by atoms with van der Waals surface area (Å²) in [4.78, 5) is 19.0. The van der Waals surface area contributed by atoms with Gasteiger partial charge in [-0.15, -0.1) is 0 Å². The van der Waals surface area contributed by atoms with Crippen molar-refractivity contribution in [3.05, 3.63) is 23.9 Å². The molecule has 0 saturated carbocycles. The van der Waals surface area contributed by atoms with E-state index in [1.165, 1.54) is 12.8 Å². The van der Waals surface area contributed by atoms with Crippen LogP contribution in [0.3, 0.4) is 0 Å². The lowest BCUT2D eigenvalue weighted by Gasteiger charge is -2.40. The molecular formula is C17H27N3O. The minimum Gasteiger partial charge on any atom is -0.370 e. The molecule has 0 radical (unpaired) electrons. The highest BCUT2D eigenvalue weighted by Crippen LogP contribution is 2.38. The lowest BCUT2D eigenvalue weighted by molar-refractivity contribution is 0.0552. The second-order valence-electron chi connectivity index (χ2n) is 5.94. The molecule has 21 heavy (non-hydrogen) atoms. The smallest absolute Gasteiger partial charge is 0.272 e. The van der Waals surface area contributed by atoms with Crippen molar-refractivity contribution in [2.45, 2.75) is 46.5 Å². The van der Waals surface area contributed by atoms with Gasteiger partial charge >= 0.3 is 0 Å². The molecule has 4 nitrogen and oxygen atoms in total. The maximum atomic E-state index is 12.6. The largest absolute Gasteiger partial charge is 0.370 e. The molecule has 1 saturated heterocycles. The summed E-state index contributed by atoms with van der Waals surface area (Å²) in [6.07, 6.45) is 4.64. The maximum Gasteiger partial charge on any atom is 0.272 e. The summed E-state index contributed by atoms with van der Waals surface area (Å²) in [5.74, 6) is 0.840. The Morgan fingerprint density at radius 3 is 2.48 bits per heavy atom. The van der Waals surface area contributed by atoms with E-state index in [-0.39, 0.29) is 5.91 Å². The van der Waals surface area contributed by atoms with Crippen molar-refractivity contribution in [3.63, 3.8) is 0 Å². The first-order valence-corrected chi connectivity index (χ1v) is 8.14. The Bertz CT molecular complexity index is 473. The first-order chi connectivity index (χ1) is 10.1. The van der Waals surface area contributed by atoms with Crippen LogP contribution in [0.25, 0.3) is 0 Å².